The number of amides is 1. The van der Waals surface area contributed by atoms with Crippen LogP contribution in [0.15, 0.2) is 42.6 Å². The van der Waals surface area contributed by atoms with Crippen LogP contribution in [0.5, 0.6) is 5.75 Å². The molecule has 1 aromatic carbocycles. The number of rotatable bonds is 4. The first kappa shape index (κ1) is 17.9. The number of nitriles is 1. The van der Waals surface area contributed by atoms with Crippen molar-refractivity contribution in [2.75, 3.05) is 13.7 Å². The Hall–Kier alpha value is -2.91. The summed E-state index contributed by atoms with van der Waals surface area (Å²) in [6, 6.07) is 11.9. The summed E-state index contributed by atoms with van der Waals surface area (Å²) >= 11 is 0. The van der Waals surface area contributed by atoms with E-state index in [2.05, 4.69) is 4.98 Å². The van der Waals surface area contributed by atoms with E-state index in [0.29, 0.717) is 24.3 Å². The quantitative estimate of drug-likeness (QED) is 0.914. The lowest BCUT2D eigenvalue weighted by Gasteiger charge is -2.37. The molecule has 0 aliphatic carbocycles. The smallest absolute Gasteiger partial charge is 0.272 e. The van der Waals surface area contributed by atoms with E-state index in [4.69, 9.17) is 10.00 Å². The third-order valence-corrected chi connectivity index (χ3v) is 4.95. The van der Waals surface area contributed by atoms with Crippen molar-refractivity contribution in [2.45, 2.75) is 31.4 Å². The van der Waals surface area contributed by atoms with E-state index in [1.807, 2.05) is 18.2 Å². The molecule has 1 amide bonds. The lowest BCUT2D eigenvalue weighted by atomic mass is 9.86. The van der Waals surface area contributed by atoms with Gasteiger partial charge >= 0.3 is 0 Å². The summed E-state index contributed by atoms with van der Waals surface area (Å²) in [6.45, 7) is 2.28. The number of carbonyl (C=O) groups is 1. The van der Waals surface area contributed by atoms with Crippen molar-refractivity contribution < 1.29 is 14.6 Å². The van der Waals surface area contributed by atoms with Crippen LogP contribution in [0.1, 0.15) is 41.4 Å². The highest BCUT2D eigenvalue weighted by molar-refractivity contribution is 5.93. The zero-order valence-electron chi connectivity index (χ0n) is 14.8. The van der Waals surface area contributed by atoms with Crippen molar-refractivity contribution in [3.8, 4) is 11.8 Å². The van der Waals surface area contributed by atoms with Crippen LogP contribution in [-0.2, 0) is 5.60 Å². The molecule has 134 valence electrons. The monoisotopic (exact) mass is 351 g/mol. The van der Waals surface area contributed by atoms with Crippen molar-refractivity contribution in [2.24, 2.45) is 0 Å². The number of hydrogen-bond donors (Lipinski definition) is 1. The number of carbonyl (C=O) groups excluding carboxylic acids is 1. The van der Waals surface area contributed by atoms with Crippen LogP contribution < -0.4 is 4.74 Å². The Bertz CT molecular complexity index is 840. The van der Waals surface area contributed by atoms with Gasteiger partial charge in [-0.1, -0.05) is 12.1 Å². The molecule has 1 aromatic heterocycles. The maximum atomic E-state index is 12.9. The first-order valence-corrected chi connectivity index (χ1v) is 8.51. The fourth-order valence-corrected chi connectivity index (χ4v) is 3.48. The van der Waals surface area contributed by atoms with Crippen molar-refractivity contribution in [3.05, 3.63) is 59.4 Å². The normalized spacial score (nSPS) is 18.8. The molecule has 1 N–H and O–H groups in total. The maximum absolute atomic E-state index is 12.9. The lowest BCUT2D eigenvalue weighted by Crippen LogP contribution is -2.48. The van der Waals surface area contributed by atoms with Gasteiger partial charge in [0.05, 0.1) is 24.8 Å². The highest BCUT2D eigenvalue weighted by Gasteiger charge is 2.43. The predicted octanol–water partition coefficient (Wildman–Crippen LogP) is 2.47. The second-order valence-corrected chi connectivity index (χ2v) is 6.57. The molecule has 6 heteroatoms. The Kier molecular flexibility index (Phi) is 4.92. The molecule has 1 aliphatic rings. The zero-order chi connectivity index (χ0) is 18.7. The Labute approximate surface area is 152 Å². The van der Waals surface area contributed by atoms with Gasteiger partial charge in [0.15, 0.2) is 0 Å². The molecule has 0 spiro atoms. The average molecular weight is 351 g/mol. The molecule has 0 bridgehead atoms. The van der Waals surface area contributed by atoms with Gasteiger partial charge in [0.25, 0.3) is 5.91 Å². The fraction of sp³-hybridized carbons (Fsp3) is 0.350. The number of benzene rings is 1. The summed E-state index contributed by atoms with van der Waals surface area (Å²) in [5.74, 6) is 0.444. The van der Waals surface area contributed by atoms with Gasteiger partial charge in [-0.05, 0) is 49.6 Å². The van der Waals surface area contributed by atoms with Gasteiger partial charge in [0, 0.05) is 12.7 Å². The molecule has 6 nitrogen and oxygen atoms in total. The number of aromatic nitrogens is 1. The lowest BCUT2D eigenvalue weighted by molar-refractivity contribution is -0.0179. The molecule has 0 radical (unpaired) electrons. The minimum absolute atomic E-state index is 0.224. The highest BCUT2D eigenvalue weighted by Crippen LogP contribution is 2.36. The summed E-state index contributed by atoms with van der Waals surface area (Å²) in [6.07, 6.45) is 2.96. The van der Waals surface area contributed by atoms with Crippen LogP contribution in [0.25, 0.3) is 0 Å². The molecule has 3 rings (SSSR count). The molecular formula is C20H21N3O3. The van der Waals surface area contributed by atoms with E-state index < -0.39 is 5.60 Å². The molecule has 0 saturated carbocycles. The van der Waals surface area contributed by atoms with E-state index in [1.165, 1.54) is 12.3 Å². The molecule has 1 fully saturated rings. The van der Waals surface area contributed by atoms with Crippen molar-refractivity contribution in [3.63, 3.8) is 0 Å². The largest absolute Gasteiger partial charge is 0.497 e. The second kappa shape index (κ2) is 7.14. The maximum Gasteiger partial charge on any atom is 0.272 e. The van der Waals surface area contributed by atoms with E-state index in [1.54, 1.807) is 37.1 Å². The Balaban J connectivity index is 1.88. The van der Waals surface area contributed by atoms with Gasteiger partial charge in [-0.3, -0.25) is 9.78 Å². The van der Waals surface area contributed by atoms with Crippen molar-refractivity contribution in [1.29, 1.82) is 5.26 Å². The Morgan fingerprint density at radius 1 is 1.38 bits per heavy atom. The average Bonchev–Trinajstić information content (AvgIpc) is 3.18. The van der Waals surface area contributed by atoms with Gasteiger partial charge in [-0.25, -0.2) is 0 Å². The first-order valence-electron chi connectivity index (χ1n) is 8.51. The van der Waals surface area contributed by atoms with Crippen LogP contribution >= 0.6 is 0 Å². The number of hydrogen-bond acceptors (Lipinski definition) is 5. The highest BCUT2D eigenvalue weighted by atomic mass is 16.5. The minimum Gasteiger partial charge on any atom is -0.497 e. The number of nitrogens with zero attached hydrogens (tertiary/aromatic N) is 3. The molecule has 1 aliphatic heterocycles. The van der Waals surface area contributed by atoms with Crippen LogP contribution in [0.4, 0.5) is 0 Å². The van der Waals surface area contributed by atoms with Crippen LogP contribution in [0, 0.1) is 11.3 Å². The predicted molar refractivity (Wildman–Crippen MR) is 95.6 cm³/mol. The van der Waals surface area contributed by atoms with E-state index >= 15 is 0 Å². The van der Waals surface area contributed by atoms with E-state index in [0.717, 1.165) is 12.0 Å². The number of ether oxygens (including phenoxy) is 1. The molecule has 0 unspecified atom stereocenters. The fourth-order valence-electron chi connectivity index (χ4n) is 3.48. The molecular weight excluding hydrogens is 330 g/mol. The number of methoxy groups -OCH3 is 1. The SMILES string of the molecule is COc1ccc([C@@](C)(O)[C@H]2CCCN2C(=O)c2cc(C#N)ccn2)cc1. The third-order valence-electron chi connectivity index (χ3n) is 4.95. The first-order chi connectivity index (χ1) is 12.5. The van der Waals surface area contributed by atoms with Crippen LogP contribution in [0.2, 0.25) is 0 Å². The van der Waals surface area contributed by atoms with Crippen molar-refractivity contribution in [1.82, 2.24) is 9.88 Å². The Morgan fingerprint density at radius 3 is 2.77 bits per heavy atom. The zero-order valence-corrected chi connectivity index (χ0v) is 14.8. The topological polar surface area (TPSA) is 86.5 Å². The van der Waals surface area contributed by atoms with Gasteiger partial charge in [0.1, 0.15) is 17.0 Å². The van der Waals surface area contributed by atoms with Gasteiger partial charge in [-0.15, -0.1) is 0 Å². The molecule has 1 saturated heterocycles. The van der Waals surface area contributed by atoms with Gasteiger partial charge in [0.2, 0.25) is 0 Å². The van der Waals surface area contributed by atoms with E-state index in [-0.39, 0.29) is 17.6 Å². The summed E-state index contributed by atoms with van der Waals surface area (Å²) in [5, 5.41) is 20.2. The second-order valence-electron chi connectivity index (χ2n) is 6.57. The van der Waals surface area contributed by atoms with Gasteiger partial charge in [-0.2, -0.15) is 5.26 Å². The van der Waals surface area contributed by atoms with E-state index in [9.17, 15) is 9.90 Å². The Morgan fingerprint density at radius 2 is 2.12 bits per heavy atom. The van der Waals surface area contributed by atoms with Crippen molar-refractivity contribution >= 4 is 5.91 Å². The molecule has 2 heterocycles. The molecule has 26 heavy (non-hydrogen) atoms. The standard InChI is InChI=1S/C20H21N3O3/c1-20(25,15-5-7-16(26-2)8-6-15)18-4-3-11-23(18)19(24)17-12-14(13-21)9-10-22-17/h5-10,12,18,25H,3-4,11H2,1-2H3/t18-,20-/m1/s1. The molecule has 2 aromatic rings. The van der Waals surface area contributed by atoms with Crippen LogP contribution in [-0.4, -0.2) is 40.6 Å². The van der Waals surface area contributed by atoms with Crippen LogP contribution in [0.3, 0.4) is 0 Å². The number of pyridine rings is 1. The third kappa shape index (κ3) is 3.26. The summed E-state index contributed by atoms with van der Waals surface area (Å²) in [7, 11) is 1.59. The summed E-state index contributed by atoms with van der Waals surface area (Å²) < 4.78 is 5.17. The number of aliphatic hydroxyl groups is 1. The summed E-state index contributed by atoms with van der Waals surface area (Å²) in [5.41, 5.74) is 0.134. The van der Waals surface area contributed by atoms with Gasteiger partial charge < -0.3 is 14.7 Å². The summed E-state index contributed by atoms with van der Waals surface area (Å²) in [4.78, 5) is 18.7. The minimum atomic E-state index is -1.20. The number of likely N-dealkylation sites (tertiary alicyclic amines) is 1. The molecule has 2 atom stereocenters.